The first-order valence-corrected chi connectivity index (χ1v) is 10.0. The van der Waals surface area contributed by atoms with Crippen molar-refractivity contribution in [2.75, 3.05) is 0 Å². The highest BCUT2D eigenvalue weighted by Crippen LogP contribution is 3.01. The molecule has 10 saturated carbocycles. The molecule has 0 aromatic heterocycles. The highest BCUT2D eigenvalue weighted by molar-refractivity contribution is 5.74. The predicted octanol–water partition coefficient (Wildman–Crippen LogP) is 4.46. The Balaban J connectivity index is 1.52. The van der Waals surface area contributed by atoms with Crippen LogP contribution in [0.25, 0.3) is 0 Å². The highest BCUT2D eigenvalue weighted by atomic mass is 15.0. The first-order valence-electron chi connectivity index (χ1n) is 10.0. The fourth-order valence-corrected chi connectivity index (χ4v) is 11.3. The molecule has 0 heteroatoms. The lowest BCUT2D eigenvalue weighted by molar-refractivity contribution is -0.319. The zero-order valence-corrected chi connectivity index (χ0v) is 13.8. The Morgan fingerprint density at radius 2 is 0.708 bits per heavy atom. The van der Waals surface area contributed by atoms with E-state index in [9.17, 15) is 0 Å². The van der Waals surface area contributed by atoms with Crippen LogP contribution in [0.3, 0.4) is 0 Å². The van der Waals surface area contributed by atoms with E-state index >= 15 is 0 Å². The first kappa shape index (κ1) is 11.1. The maximum Gasteiger partial charge on any atom is 0.00365 e. The van der Waals surface area contributed by atoms with Gasteiger partial charge in [0.1, 0.15) is 0 Å². The van der Waals surface area contributed by atoms with Crippen LogP contribution in [0, 0.1) is 23.7 Å². The molecule has 4 spiro atoms. The highest BCUT2D eigenvalue weighted by Gasteiger charge is 3.01. The van der Waals surface area contributed by atoms with Gasteiger partial charge in [-0.25, -0.2) is 0 Å². The van der Waals surface area contributed by atoms with E-state index in [1.807, 2.05) is 22.3 Å². The third kappa shape index (κ3) is 0.590. The normalized spacial score (nSPS) is 59.7. The van der Waals surface area contributed by atoms with Crippen molar-refractivity contribution in [2.24, 2.45) is 23.7 Å². The Morgan fingerprint density at radius 3 is 0.958 bits per heavy atom. The molecule has 0 saturated heterocycles. The first-order chi connectivity index (χ1) is 11.8. The molecule has 10 fully saturated rings. The Bertz CT molecular complexity index is 844. The Hall–Kier alpha value is -1.56. The maximum atomic E-state index is 2.54. The lowest BCUT2D eigenvalue weighted by atomic mass is 9.11. The zero-order chi connectivity index (χ0) is 15.1. The van der Waals surface area contributed by atoms with Gasteiger partial charge in [-0.05, 0) is 71.6 Å². The molecule has 8 bridgehead atoms. The minimum atomic E-state index is 0.592. The summed E-state index contributed by atoms with van der Waals surface area (Å²) in [6.07, 6.45) is 5.92. The van der Waals surface area contributed by atoms with Crippen LogP contribution in [0.2, 0.25) is 0 Å². The Morgan fingerprint density at radius 1 is 0.458 bits per heavy atom. The number of fused-ring (bicyclic) bond motifs is 2. The summed E-state index contributed by atoms with van der Waals surface area (Å²) in [5.41, 5.74) is 9.63. The van der Waals surface area contributed by atoms with Crippen molar-refractivity contribution in [2.45, 2.75) is 47.3 Å². The van der Waals surface area contributed by atoms with Crippen LogP contribution in [0.4, 0.5) is 0 Å². The summed E-state index contributed by atoms with van der Waals surface area (Å²) in [5, 5.41) is 0. The summed E-state index contributed by atoms with van der Waals surface area (Å²) in [4.78, 5) is 0. The Labute approximate surface area is 142 Å². The van der Waals surface area contributed by atoms with E-state index < -0.39 is 0 Å². The van der Waals surface area contributed by atoms with E-state index in [1.54, 1.807) is 0 Å². The van der Waals surface area contributed by atoms with E-state index in [2.05, 4.69) is 48.5 Å². The zero-order valence-electron chi connectivity index (χ0n) is 13.8. The molecule has 0 unspecified atom stereocenters. The van der Waals surface area contributed by atoms with Crippen LogP contribution >= 0.6 is 0 Å². The lowest BCUT2D eigenvalue weighted by Gasteiger charge is -2.91. The van der Waals surface area contributed by atoms with Gasteiger partial charge >= 0.3 is 0 Å². The summed E-state index contributed by atoms with van der Waals surface area (Å²) >= 11 is 0. The van der Waals surface area contributed by atoms with Crippen molar-refractivity contribution in [3.63, 3.8) is 0 Å². The number of rotatable bonds is 0. The molecule has 2 aromatic rings. The third-order valence-electron chi connectivity index (χ3n) is 10.9. The quantitative estimate of drug-likeness (QED) is 0.674. The molecule has 24 heavy (non-hydrogen) atoms. The standard InChI is InChI=1S/C24H20/c1-2-6-14-13(5-1)21-9-10-23-15-7-3-4-8-16(15)24-12-11-22(14,19(24)17(21)23)20(24)18(21)23/h1-8,17-20H,9-12H2. The molecule has 116 valence electrons. The van der Waals surface area contributed by atoms with Crippen LogP contribution in [0.1, 0.15) is 47.9 Å². The SMILES string of the molecule is c1ccc2c(c1)C13CCC45c6ccccc6C67CCC2(C6C14)C7C35. The van der Waals surface area contributed by atoms with Gasteiger partial charge in [0.2, 0.25) is 0 Å². The van der Waals surface area contributed by atoms with Gasteiger partial charge < -0.3 is 0 Å². The molecule has 2 aromatic carbocycles. The van der Waals surface area contributed by atoms with Crippen LogP contribution < -0.4 is 0 Å². The van der Waals surface area contributed by atoms with E-state index in [1.165, 1.54) is 25.7 Å². The minimum Gasteiger partial charge on any atom is -0.0620 e. The molecule has 0 heterocycles. The van der Waals surface area contributed by atoms with Crippen molar-refractivity contribution < 1.29 is 0 Å². The van der Waals surface area contributed by atoms with Crippen LogP contribution in [0.5, 0.6) is 0 Å². The van der Waals surface area contributed by atoms with E-state index in [4.69, 9.17) is 0 Å². The van der Waals surface area contributed by atoms with Crippen LogP contribution in [0.15, 0.2) is 48.5 Å². The monoisotopic (exact) mass is 308 g/mol. The van der Waals surface area contributed by atoms with Crippen molar-refractivity contribution in [1.82, 2.24) is 0 Å². The van der Waals surface area contributed by atoms with Gasteiger partial charge in [0.15, 0.2) is 0 Å². The molecule has 0 N–H and O–H groups in total. The second kappa shape index (κ2) is 2.62. The largest absolute Gasteiger partial charge is 0.0620 e. The van der Waals surface area contributed by atoms with E-state index in [-0.39, 0.29) is 0 Å². The number of hydrogen-bond acceptors (Lipinski definition) is 0. The average Bonchev–Trinajstić information content (AvgIpc) is 3.37. The van der Waals surface area contributed by atoms with Gasteiger partial charge in [-0.15, -0.1) is 0 Å². The molecule has 16 rings (SSSR count). The summed E-state index contributed by atoms with van der Waals surface area (Å²) < 4.78 is 0. The van der Waals surface area contributed by atoms with Gasteiger partial charge in [0, 0.05) is 21.7 Å². The summed E-state index contributed by atoms with van der Waals surface area (Å²) in [7, 11) is 0. The van der Waals surface area contributed by atoms with E-state index in [0.717, 1.165) is 23.7 Å². The van der Waals surface area contributed by atoms with Gasteiger partial charge in [-0.3, -0.25) is 0 Å². The molecule has 0 nitrogen and oxygen atoms in total. The van der Waals surface area contributed by atoms with Gasteiger partial charge in [0.05, 0.1) is 0 Å². The average molecular weight is 308 g/mol. The summed E-state index contributed by atoms with van der Waals surface area (Å²) in [5.74, 6) is 3.97. The number of hydrogen-bond donors (Lipinski definition) is 0. The topological polar surface area (TPSA) is 0 Å². The van der Waals surface area contributed by atoms with E-state index in [0.29, 0.717) is 21.7 Å². The summed E-state index contributed by atoms with van der Waals surface area (Å²) in [6, 6.07) is 19.5. The van der Waals surface area contributed by atoms with Crippen LogP contribution in [-0.4, -0.2) is 0 Å². The smallest absolute Gasteiger partial charge is 0.00365 e. The molecule has 0 aliphatic heterocycles. The maximum absolute atomic E-state index is 2.54. The molecular weight excluding hydrogens is 288 g/mol. The minimum absolute atomic E-state index is 0.592. The van der Waals surface area contributed by atoms with Gasteiger partial charge in [-0.2, -0.15) is 0 Å². The van der Waals surface area contributed by atoms with Crippen molar-refractivity contribution in [3.05, 3.63) is 70.8 Å². The molecule has 0 amide bonds. The predicted molar refractivity (Wildman–Crippen MR) is 92.0 cm³/mol. The Kier molecular flexibility index (Phi) is 1.22. The van der Waals surface area contributed by atoms with Gasteiger partial charge in [0.25, 0.3) is 0 Å². The number of benzene rings is 2. The molecule has 14 aliphatic carbocycles. The van der Waals surface area contributed by atoms with Crippen molar-refractivity contribution in [1.29, 1.82) is 0 Å². The molecule has 0 radical (unpaired) electrons. The fourth-order valence-electron chi connectivity index (χ4n) is 11.3. The molecular formula is C24H20. The fraction of sp³-hybridized carbons (Fsp3) is 0.500. The van der Waals surface area contributed by atoms with Crippen molar-refractivity contribution >= 4 is 0 Å². The van der Waals surface area contributed by atoms with Crippen molar-refractivity contribution in [3.8, 4) is 0 Å². The second-order valence-corrected chi connectivity index (χ2v) is 10.2. The molecule has 14 aliphatic rings. The van der Waals surface area contributed by atoms with Gasteiger partial charge in [-0.1, -0.05) is 48.5 Å². The third-order valence-corrected chi connectivity index (χ3v) is 10.9. The van der Waals surface area contributed by atoms with Crippen LogP contribution in [-0.2, 0) is 21.7 Å². The lowest BCUT2D eigenvalue weighted by Crippen LogP contribution is -2.92. The second-order valence-electron chi connectivity index (χ2n) is 10.2. The molecule has 0 atom stereocenters. The summed E-state index contributed by atoms with van der Waals surface area (Å²) in [6.45, 7) is 0.